The van der Waals surface area contributed by atoms with Gasteiger partial charge in [0.1, 0.15) is 0 Å². The van der Waals surface area contributed by atoms with Crippen molar-refractivity contribution in [3.8, 4) is 0 Å². The number of aryl methyl sites for hydroxylation is 6. The number of hydrogen-bond donors (Lipinski definition) is 0. The Morgan fingerprint density at radius 2 is 1.08 bits per heavy atom. The van der Waals surface area contributed by atoms with Gasteiger partial charge in [0.15, 0.2) is 0 Å². The zero-order valence-corrected chi connectivity index (χ0v) is 21.9. The van der Waals surface area contributed by atoms with Crippen LogP contribution in [-0.4, -0.2) is 9.52 Å². The molecule has 0 aliphatic heterocycles. The van der Waals surface area contributed by atoms with E-state index >= 15 is 0 Å². The van der Waals surface area contributed by atoms with Crippen molar-refractivity contribution in [3.05, 3.63) is 57.6 Å². The molecular weight excluding hydrogens is 454 g/mol. The van der Waals surface area contributed by atoms with Crippen LogP contribution in [0.5, 0.6) is 0 Å². The second-order valence-electron chi connectivity index (χ2n) is 7.23. The van der Waals surface area contributed by atoms with E-state index in [0.717, 1.165) is 9.52 Å². The first-order valence-electron chi connectivity index (χ1n) is 9.76. The van der Waals surface area contributed by atoms with Crippen molar-refractivity contribution in [2.75, 3.05) is 0 Å². The fourth-order valence-corrected chi connectivity index (χ4v) is 3.75. The van der Waals surface area contributed by atoms with Gasteiger partial charge in [-0.3, -0.25) is 0 Å². The molecule has 4 rings (SSSR count). The number of fused-ring (bicyclic) bond motifs is 2. The summed E-state index contributed by atoms with van der Waals surface area (Å²) >= 11 is -0.826. The molecule has 26 heavy (non-hydrogen) atoms. The summed E-state index contributed by atoms with van der Waals surface area (Å²) < 4.78 is 0. The molecule has 0 aromatic heterocycles. The van der Waals surface area contributed by atoms with Crippen LogP contribution in [0.15, 0.2) is 24.3 Å². The van der Waals surface area contributed by atoms with E-state index in [1.165, 1.54) is 62.5 Å². The van der Waals surface area contributed by atoms with Crippen LogP contribution >= 0.6 is 17.0 Å². The van der Waals surface area contributed by atoms with E-state index < -0.39 is 20.8 Å². The number of hydrogen-bond acceptors (Lipinski definition) is 0. The van der Waals surface area contributed by atoms with Gasteiger partial charge in [0, 0.05) is 9.52 Å². The van der Waals surface area contributed by atoms with E-state index in [4.69, 9.17) is 17.0 Å². The van der Waals surface area contributed by atoms with E-state index in [-0.39, 0.29) is 0 Å². The van der Waals surface area contributed by atoms with Gasteiger partial charge in [-0.1, -0.05) is 78.3 Å². The standard InChI is InChI=1S/2C10H13.C2H7Si.2ClH.Zr/c2*1-8-6-9-4-2-3-5-10(9)7-8;1-3-2;;;/h2*6-7H,2-5H2,1H3;3H,1-2H3;2*1H;/q2*-1;;;;+4/p-2. The molecule has 143 valence electrons. The molecule has 0 fully saturated rings. The molecule has 0 nitrogen and oxygen atoms in total. The van der Waals surface area contributed by atoms with Gasteiger partial charge in [-0.2, -0.15) is 45.5 Å². The summed E-state index contributed by atoms with van der Waals surface area (Å²) in [5.74, 6) is 0. The first kappa shape index (κ1) is 24.4. The molecule has 0 bridgehead atoms. The second kappa shape index (κ2) is 14.4. The van der Waals surface area contributed by atoms with E-state index in [9.17, 15) is 0 Å². The van der Waals surface area contributed by atoms with Crippen LogP contribution in [0.2, 0.25) is 13.1 Å². The Kier molecular flexibility index (Phi) is 13.5. The minimum absolute atomic E-state index is 0.750. The third-order valence-corrected chi connectivity index (χ3v) is 4.72. The molecule has 0 atom stereocenters. The quantitative estimate of drug-likeness (QED) is 0.275. The normalized spacial score (nSPS) is 14.1. The van der Waals surface area contributed by atoms with Gasteiger partial charge in [0.2, 0.25) is 0 Å². The molecule has 4 heteroatoms. The summed E-state index contributed by atoms with van der Waals surface area (Å²) in [6.45, 7) is 8.80. The van der Waals surface area contributed by atoms with Crippen LogP contribution in [0.4, 0.5) is 0 Å². The molecule has 2 aromatic carbocycles. The van der Waals surface area contributed by atoms with Crippen molar-refractivity contribution in [2.45, 2.75) is 78.3 Å². The monoisotopic (exact) mass is 485 g/mol. The first-order valence-corrected chi connectivity index (χ1v) is 18.4. The summed E-state index contributed by atoms with van der Waals surface area (Å²) in [7, 11) is 10.6. The molecule has 1 radical (unpaired) electrons. The van der Waals surface area contributed by atoms with E-state index in [1.54, 1.807) is 22.3 Å². The van der Waals surface area contributed by atoms with Crippen LogP contribution < -0.4 is 0 Å². The van der Waals surface area contributed by atoms with Crippen LogP contribution in [0.3, 0.4) is 0 Å². The van der Waals surface area contributed by atoms with Gasteiger partial charge >= 0.3 is 37.9 Å². The maximum absolute atomic E-state index is 4.93. The SMILES string of the molecule is C[SiH]C.Cc1cc2c([cH-]1)CCCC2.Cc1cc2c([cH-]1)CCCC2.[Cl][Zr+2][Cl]. The fourth-order valence-electron chi connectivity index (χ4n) is 3.75. The van der Waals surface area contributed by atoms with Gasteiger partial charge in [-0.15, -0.1) is 0 Å². The average Bonchev–Trinajstić information content (AvgIpc) is 3.17. The molecule has 0 spiro atoms. The Hall–Kier alpha value is 0.380. The van der Waals surface area contributed by atoms with E-state index in [1.807, 2.05) is 0 Å². The predicted octanol–water partition coefficient (Wildman–Crippen LogP) is 7.08. The van der Waals surface area contributed by atoms with E-state index in [2.05, 4.69) is 51.2 Å². The fraction of sp³-hybridized carbons (Fsp3) is 0.545. The molecule has 2 aliphatic rings. The summed E-state index contributed by atoms with van der Waals surface area (Å²) in [5.41, 5.74) is 9.36. The summed E-state index contributed by atoms with van der Waals surface area (Å²) in [5, 5.41) is 0. The Labute approximate surface area is 182 Å². The van der Waals surface area contributed by atoms with Gasteiger partial charge in [0.25, 0.3) is 0 Å². The molecule has 0 saturated carbocycles. The molecule has 0 amide bonds. The third-order valence-electron chi connectivity index (χ3n) is 4.72. The van der Waals surface area contributed by atoms with Crippen molar-refractivity contribution >= 4 is 26.5 Å². The van der Waals surface area contributed by atoms with E-state index in [0.29, 0.717) is 0 Å². The molecule has 0 unspecified atom stereocenters. The Morgan fingerprint density at radius 3 is 1.38 bits per heavy atom. The third kappa shape index (κ3) is 9.05. The Bertz CT molecular complexity index is 514. The predicted molar refractivity (Wildman–Crippen MR) is 117 cm³/mol. The Morgan fingerprint density at radius 1 is 0.769 bits per heavy atom. The van der Waals surface area contributed by atoms with Gasteiger partial charge in [0.05, 0.1) is 0 Å². The number of rotatable bonds is 0. The van der Waals surface area contributed by atoms with Gasteiger partial charge in [-0.05, 0) is 0 Å². The van der Waals surface area contributed by atoms with Crippen LogP contribution in [0.1, 0.15) is 59.1 Å². The van der Waals surface area contributed by atoms with Crippen LogP contribution in [-0.2, 0) is 46.5 Å². The molecule has 2 aromatic rings. The van der Waals surface area contributed by atoms with Crippen molar-refractivity contribution in [3.63, 3.8) is 0 Å². The first-order chi connectivity index (χ1) is 12.5. The zero-order chi connectivity index (χ0) is 19.4. The summed E-state index contributed by atoms with van der Waals surface area (Å²) in [6.07, 6.45) is 10.9. The zero-order valence-electron chi connectivity index (χ0n) is 16.8. The number of halogens is 2. The summed E-state index contributed by atoms with van der Waals surface area (Å²) in [6, 6.07) is 9.37. The molecule has 0 saturated heterocycles. The van der Waals surface area contributed by atoms with Crippen LogP contribution in [0.25, 0.3) is 0 Å². The van der Waals surface area contributed by atoms with Crippen molar-refractivity contribution < 1.29 is 20.8 Å². The van der Waals surface area contributed by atoms with Crippen molar-refractivity contribution in [2.24, 2.45) is 0 Å². The van der Waals surface area contributed by atoms with Crippen LogP contribution in [0, 0.1) is 13.8 Å². The topological polar surface area (TPSA) is 0 Å². The van der Waals surface area contributed by atoms with Gasteiger partial charge in [-0.25, -0.2) is 12.1 Å². The summed E-state index contributed by atoms with van der Waals surface area (Å²) in [4.78, 5) is 0. The molecule has 0 heterocycles. The van der Waals surface area contributed by atoms with Crippen molar-refractivity contribution in [1.29, 1.82) is 0 Å². The molecular formula is C22H33Cl2SiZr. The maximum atomic E-state index is 4.93. The Balaban J connectivity index is 0.000000201. The second-order valence-corrected chi connectivity index (χ2v) is 12.1. The average molecular weight is 488 g/mol. The molecule has 2 aliphatic carbocycles. The van der Waals surface area contributed by atoms with Gasteiger partial charge < -0.3 is 0 Å². The van der Waals surface area contributed by atoms with Crippen molar-refractivity contribution in [1.82, 2.24) is 0 Å². The minimum atomic E-state index is -0.826. The molecule has 0 N–H and O–H groups in total.